The van der Waals surface area contributed by atoms with E-state index in [0.717, 1.165) is 25.7 Å². The number of alkyl carbamates (subject to hydrolysis) is 1. The molecule has 0 radical (unpaired) electrons. The van der Waals surface area contributed by atoms with Crippen LogP contribution in [0.25, 0.3) is 0 Å². The minimum atomic E-state index is -1.07. The van der Waals surface area contributed by atoms with Gasteiger partial charge in [-0.3, -0.25) is 19.2 Å². The Hall–Kier alpha value is -2.65. The average Bonchev–Trinajstić information content (AvgIpc) is 3.16. The third-order valence-corrected chi connectivity index (χ3v) is 9.71. The Labute approximate surface area is 244 Å². The highest BCUT2D eigenvalue weighted by Gasteiger charge is 2.64. The van der Waals surface area contributed by atoms with Gasteiger partial charge >= 0.3 is 6.09 Å². The van der Waals surface area contributed by atoms with Crippen LogP contribution >= 0.6 is 0 Å². The molecule has 0 bridgehead atoms. The van der Waals surface area contributed by atoms with Gasteiger partial charge in [0, 0.05) is 6.54 Å². The van der Waals surface area contributed by atoms with E-state index in [4.69, 9.17) is 10.5 Å². The van der Waals surface area contributed by atoms with E-state index in [1.54, 1.807) is 25.7 Å². The molecule has 4 amide bonds. The lowest BCUT2D eigenvalue weighted by molar-refractivity contribution is -0.143. The Kier molecular flexibility index (Phi) is 8.82. The number of likely N-dealkylation sites (tertiary alicyclic amines) is 1. The number of hydrogen-bond acceptors (Lipinski definition) is 6. The van der Waals surface area contributed by atoms with Crippen molar-refractivity contribution in [1.29, 1.82) is 0 Å². The standard InChI is InChI=1S/C31H50N4O6/c1-29(2,3)24(34-28(40)41-30(4,5)6)27(39)35-17-31(15-20(31)19-12-7-8-13-19)16-22(35)26(38)33-21(23(36)25(32)37)14-18-10-9-11-18/h18-22,24H,7-17H2,1-6H3,(H2,32,37)(H,33,38)(H,34,40)/t20?,21?,22?,24-,31-/m1/s1. The van der Waals surface area contributed by atoms with Gasteiger partial charge in [0.05, 0.1) is 6.04 Å². The monoisotopic (exact) mass is 574 g/mol. The molecular formula is C31H50N4O6. The van der Waals surface area contributed by atoms with Crippen molar-refractivity contribution in [3.05, 3.63) is 0 Å². The van der Waals surface area contributed by atoms with Crippen LogP contribution < -0.4 is 16.4 Å². The molecule has 4 rings (SSSR count). The second-order valence-corrected chi connectivity index (χ2v) is 15.2. The van der Waals surface area contributed by atoms with Crippen LogP contribution in [-0.2, 0) is 23.9 Å². The molecule has 1 saturated heterocycles. The van der Waals surface area contributed by atoms with Gasteiger partial charge in [-0.05, 0) is 68.6 Å². The van der Waals surface area contributed by atoms with Gasteiger partial charge in [-0.2, -0.15) is 0 Å². The van der Waals surface area contributed by atoms with Crippen molar-refractivity contribution < 1.29 is 28.7 Å². The summed E-state index contributed by atoms with van der Waals surface area (Å²) in [6.45, 7) is 11.3. The lowest BCUT2D eigenvalue weighted by Gasteiger charge is -2.36. The maximum Gasteiger partial charge on any atom is 0.408 e. The molecule has 4 fully saturated rings. The highest BCUT2D eigenvalue weighted by Crippen LogP contribution is 2.65. The van der Waals surface area contributed by atoms with Gasteiger partial charge < -0.3 is 26.0 Å². The summed E-state index contributed by atoms with van der Waals surface area (Å²) in [5, 5.41) is 5.61. The summed E-state index contributed by atoms with van der Waals surface area (Å²) in [7, 11) is 0. The molecule has 5 atom stereocenters. The Bertz CT molecular complexity index is 1050. The third-order valence-electron chi connectivity index (χ3n) is 9.71. The minimum Gasteiger partial charge on any atom is -0.444 e. The summed E-state index contributed by atoms with van der Waals surface area (Å²) in [5.74, 6) is -1.31. The minimum absolute atomic E-state index is 0.141. The zero-order chi connectivity index (χ0) is 30.3. The Balaban J connectivity index is 1.58. The van der Waals surface area contributed by atoms with E-state index in [0.29, 0.717) is 31.2 Å². The summed E-state index contributed by atoms with van der Waals surface area (Å²) in [5.41, 5.74) is 3.80. The fourth-order valence-corrected chi connectivity index (χ4v) is 7.27. The van der Waals surface area contributed by atoms with Crippen LogP contribution in [0.3, 0.4) is 0 Å². The number of nitrogens with two attached hydrogens (primary N) is 1. The van der Waals surface area contributed by atoms with Gasteiger partial charge in [0.1, 0.15) is 17.7 Å². The average molecular weight is 575 g/mol. The van der Waals surface area contributed by atoms with Crippen molar-refractivity contribution >= 4 is 29.6 Å². The first-order valence-corrected chi connectivity index (χ1v) is 15.4. The zero-order valence-corrected chi connectivity index (χ0v) is 25.7. The van der Waals surface area contributed by atoms with Gasteiger partial charge in [-0.25, -0.2) is 4.79 Å². The smallest absolute Gasteiger partial charge is 0.408 e. The molecule has 1 heterocycles. The van der Waals surface area contributed by atoms with Crippen LogP contribution in [0.5, 0.6) is 0 Å². The second-order valence-electron chi connectivity index (χ2n) is 15.2. The lowest BCUT2D eigenvalue weighted by Crippen LogP contribution is -2.59. The summed E-state index contributed by atoms with van der Waals surface area (Å²) >= 11 is 0. The molecule has 3 aliphatic carbocycles. The first-order chi connectivity index (χ1) is 19.0. The quantitative estimate of drug-likeness (QED) is 0.359. The molecule has 0 aromatic carbocycles. The molecule has 1 spiro atoms. The van der Waals surface area contributed by atoms with Crippen LogP contribution in [0.2, 0.25) is 0 Å². The van der Waals surface area contributed by atoms with E-state index >= 15 is 0 Å². The summed E-state index contributed by atoms with van der Waals surface area (Å²) in [6.07, 6.45) is 8.90. The van der Waals surface area contributed by atoms with Crippen LogP contribution in [0.1, 0.15) is 106 Å². The van der Waals surface area contributed by atoms with Crippen molar-refractivity contribution in [2.24, 2.45) is 34.3 Å². The summed E-state index contributed by atoms with van der Waals surface area (Å²) in [6, 6.07) is -2.73. The van der Waals surface area contributed by atoms with Crippen LogP contribution in [0.4, 0.5) is 4.79 Å². The van der Waals surface area contributed by atoms with Crippen molar-refractivity contribution in [1.82, 2.24) is 15.5 Å². The number of nitrogens with one attached hydrogen (secondary N) is 2. The number of Topliss-reactive ketones (excluding diaryl/α,β-unsaturated/α-hetero) is 1. The maximum absolute atomic E-state index is 14.2. The molecular weight excluding hydrogens is 524 g/mol. The second kappa shape index (κ2) is 11.6. The fraction of sp³-hybridized carbons (Fsp3) is 0.839. The van der Waals surface area contributed by atoms with Gasteiger partial charge in [0.2, 0.25) is 17.6 Å². The largest absolute Gasteiger partial charge is 0.444 e. The molecule has 3 saturated carbocycles. The first kappa shape index (κ1) is 31.3. The normalized spacial score (nSPS) is 28.1. The molecule has 1 aliphatic heterocycles. The van der Waals surface area contributed by atoms with Gasteiger partial charge in [-0.1, -0.05) is 65.7 Å². The zero-order valence-electron chi connectivity index (χ0n) is 25.7. The maximum atomic E-state index is 14.2. The highest BCUT2D eigenvalue weighted by atomic mass is 16.6. The third kappa shape index (κ3) is 7.23. The van der Waals surface area contributed by atoms with Gasteiger partial charge in [0.15, 0.2) is 0 Å². The molecule has 10 heteroatoms. The number of hydrogen-bond donors (Lipinski definition) is 3. The number of ketones is 1. The van der Waals surface area contributed by atoms with E-state index in [9.17, 15) is 24.0 Å². The molecule has 4 N–H and O–H groups in total. The predicted octanol–water partition coefficient (Wildman–Crippen LogP) is 3.45. The molecule has 3 unspecified atom stereocenters. The Morgan fingerprint density at radius 1 is 0.927 bits per heavy atom. The molecule has 41 heavy (non-hydrogen) atoms. The molecule has 230 valence electrons. The molecule has 4 aliphatic rings. The van der Waals surface area contributed by atoms with Crippen molar-refractivity contribution in [3.63, 3.8) is 0 Å². The first-order valence-electron chi connectivity index (χ1n) is 15.4. The fourth-order valence-electron chi connectivity index (χ4n) is 7.27. The molecule has 0 aromatic rings. The highest BCUT2D eigenvalue weighted by molar-refractivity contribution is 6.37. The number of carbonyl (C=O) groups excluding carboxylic acids is 5. The Morgan fingerprint density at radius 3 is 2.07 bits per heavy atom. The number of amides is 4. The number of ether oxygens (including phenoxy) is 1. The topological polar surface area (TPSA) is 148 Å². The van der Waals surface area contributed by atoms with Crippen LogP contribution in [0.15, 0.2) is 0 Å². The number of rotatable bonds is 9. The number of primary amides is 1. The van der Waals surface area contributed by atoms with E-state index in [1.165, 1.54) is 25.7 Å². The van der Waals surface area contributed by atoms with Crippen molar-refractivity contribution in [2.75, 3.05) is 6.54 Å². The SMILES string of the molecule is CC(C)(C)OC(=O)N[C@H](C(=O)N1C[C@]2(CC1C(=O)NC(CC1CCC1)C(=O)C(N)=O)CC2C1CCCC1)C(C)(C)C. The van der Waals surface area contributed by atoms with Gasteiger partial charge in [0.25, 0.3) is 5.91 Å². The molecule has 0 aromatic heterocycles. The lowest BCUT2D eigenvalue weighted by atomic mass is 9.80. The predicted molar refractivity (Wildman–Crippen MR) is 153 cm³/mol. The van der Waals surface area contributed by atoms with Gasteiger partial charge in [-0.15, -0.1) is 0 Å². The molecule has 10 nitrogen and oxygen atoms in total. The number of nitrogens with zero attached hydrogens (tertiary/aromatic N) is 1. The number of carbonyl (C=O) groups is 5. The van der Waals surface area contributed by atoms with E-state index < -0.39 is 52.8 Å². The van der Waals surface area contributed by atoms with Crippen molar-refractivity contribution in [3.8, 4) is 0 Å². The summed E-state index contributed by atoms with van der Waals surface area (Å²) < 4.78 is 5.46. The van der Waals surface area contributed by atoms with E-state index in [2.05, 4.69) is 10.6 Å². The van der Waals surface area contributed by atoms with Crippen LogP contribution in [-0.4, -0.2) is 64.8 Å². The van der Waals surface area contributed by atoms with Crippen molar-refractivity contribution in [2.45, 2.75) is 129 Å². The van der Waals surface area contributed by atoms with Crippen LogP contribution in [0, 0.1) is 28.6 Å². The van der Waals surface area contributed by atoms with E-state index in [1.807, 2.05) is 20.8 Å². The van der Waals surface area contributed by atoms with E-state index in [-0.39, 0.29) is 17.2 Å². The summed E-state index contributed by atoms with van der Waals surface area (Å²) in [4.78, 5) is 67.0. The Morgan fingerprint density at radius 2 is 1.56 bits per heavy atom.